The van der Waals surface area contributed by atoms with Gasteiger partial charge in [-0.3, -0.25) is 4.79 Å². The van der Waals surface area contributed by atoms with E-state index in [0.717, 1.165) is 11.8 Å². The lowest BCUT2D eigenvalue weighted by molar-refractivity contribution is -0.141. The molecule has 170 valence electrons. The average Bonchev–Trinajstić information content (AvgIpc) is 3.18. The van der Waals surface area contributed by atoms with Crippen LogP contribution in [0.1, 0.15) is 41.4 Å². The van der Waals surface area contributed by atoms with E-state index in [0.29, 0.717) is 29.8 Å². The first-order valence-corrected chi connectivity index (χ1v) is 9.85. The van der Waals surface area contributed by atoms with Crippen LogP contribution in [0.25, 0.3) is 11.5 Å². The smallest absolute Gasteiger partial charge is 0.434 e. The minimum Gasteiger partial charge on any atom is -0.474 e. The number of carbonyl (C=O) groups excluding carboxylic acids is 1. The first-order valence-electron chi connectivity index (χ1n) is 9.85. The lowest BCUT2D eigenvalue weighted by atomic mass is 10.00. The van der Waals surface area contributed by atoms with Gasteiger partial charge in [0.25, 0.3) is 5.91 Å². The maximum absolute atomic E-state index is 13.4. The quantitative estimate of drug-likeness (QED) is 0.536. The number of carbonyl (C=O) groups is 1. The summed E-state index contributed by atoms with van der Waals surface area (Å²) in [5.41, 5.74) is 0.654. The summed E-state index contributed by atoms with van der Waals surface area (Å²) in [6.07, 6.45) is -3.06. The topological polar surface area (TPSA) is 94.2 Å². The summed E-state index contributed by atoms with van der Waals surface area (Å²) in [5, 5.41) is 7.89. The fourth-order valence-corrected chi connectivity index (χ4v) is 3.17. The third kappa shape index (κ3) is 5.04. The van der Waals surface area contributed by atoms with Gasteiger partial charge < -0.3 is 14.1 Å². The molecule has 0 spiro atoms. The van der Waals surface area contributed by atoms with E-state index in [2.05, 4.69) is 20.2 Å². The molecular formula is C21H22F3N5O3. The molecule has 2 aromatic heterocycles. The highest BCUT2D eigenvalue weighted by Gasteiger charge is 2.33. The van der Waals surface area contributed by atoms with E-state index in [9.17, 15) is 18.0 Å². The molecule has 0 fully saturated rings. The summed E-state index contributed by atoms with van der Waals surface area (Å²) in [7, 11) is 0. The molecule has 2 heterocycles. The van der Waals surface area contributed by atoms with Crippen molar-refractivity contribution in [3.05, 3.63) is 53.3 Å². The molecule has 3 rings (SSSR count). The summed E-state index contributed by atoms with van der Waals surface area (Å²) in [5.74, 6) is 0.306. The maximum atomic E-state index is 13.4. The zero-order valence-electron chi connectivity index (χ0n) is 18.0. The fourth-order valence-electron chi connectivity index (χ4n) is 3.17. The molecule has 1 unspecified atom stereocenters. The minimum absolute atomic E-state index is 0.0143. The van der Waals surface area contributed by atoms with Crippen LogP contribution in [0.4, 0.5) is 13.2 Å². The standard InChI is InChI=1S/C21H22F3N5O3/c1-5-29(13(3)11-31-17-10-25-16(9-26-17)21(22,23)24)20(30)15-8-6-7-12(2)18(15)19-28-27-14(4)32-19/h6-10,13H,5,11H2,1-4H3. The molecule has 0 aliphatic carbocycles. The first kappa shape index (κ1) is 23.2. The highest BCUT2D eigenvalue weighted by molar-refractivity contribution is 6.00. The summed E-state index contributed by atoms with van der Waals surface area (Å²) in [6.45, 7) is 7.48. The van der Waals surface area contributed by atoms with Gasteiger partial charge in [-0.15, -0.1) is 10.2 Å². The van der Waals surface area contributed by atoms with Gasteiger partial charge in [0.2, 0.25) is 17.7 Å². The lowest BCUT2D eigenvalue weighted by Crippen LogP contribution is -2.42. The molecule has 0 saturated carbocycles. The van der Waals surface area contributed by atoms with Crippen molar-refractivity contribution in [2.75, 3.05) is 13.2 Å². The molecule has 32 heavy (non-hydrogen) atoms. The minimum atomic E-state index is -4.58. The zero-order chi connectivity index (χ0) is 23.5. The van der Waals surface area contributed by atoms with Crippen molar-refractivity contribution in [2.45, 2.75) is 39.9 Å². The highest BCUT2D eigenvalue weighted by Crippen LogP contribution is 2.29. The third-order valence-electron chi connectivity index (χ3n) is 4.77. The fraction of sp³-hybridized carbons (Fsp3) is 0.381. The number of nitrogens with zero attached hydrogens (tertiary/aromatic N) is 5. The van der Waals surface area contributed by atoms with Gasteiger partial charge in [0.05, 0.1) is 29.6 Å². The van der Waals surface area contributed by atoms with E-state index < -0.39 is 17.9 Å². The van der Waals surface area contributed by atoms with Gasteiger partial charge in [0, 0.05) is 13.5 Å². The van der Waals surface area contributed by atoms with Gasteiger partial charge in [-0.2, -0.15) is 13.2 Å². The Balaban J connectivity index is 1.77. The predicted octanol–water partition coefficient (Wildman–Crippen LogP) is 4.09. The molecule has 11 heteroatoms. The van der Waals surface area contributed by atoms with Crippen molar-refractivity contribution in [2.24, 2.45) is 0 Å². The van der Waals surface area contributed by atoms with Gasteiger partial charge in [-0.25, -0.2) is 9.97 Å². The number of likely N-dealkylation sites (N-methyl/N-ethyl adjacent to an activating group) is 1. The van der Waals surface area contributed by atoms with Gasteiger partial charge >= 0.3 is 6.18 Å². The third-order valence-corrected chi connectivity index (χ3v) is 4.77. The number of rotatable bonds is 7. The van der Waals surface area contributed by atoms with Crippen LogP contribution in [-0.2, 0) is 6.18 Å². The molecule has 1 amide bonds. The van der Waals surface area contributed by atoms with Crippen molar-refractivity contribution in [1.29, 1.82) is 0 Å². The van der Waals surface area contributed by atoms with E-state index in [1.807, 2.05) is 19.9 Å². The Kier molecular flexibility index (Phi) is 6.75. The molecular weight excluding hydrogens is 427 g/mol. The summed E-state index contributed by atoms with van der Waals surface area (Å²) in [4.78, 5) is 21.9. The van der Waals surface area contributed by atoms with Gasteiger partial charge in [0.1, 0.15) is 6.61 Å². The molecule has 0 aliphatic rings. The number of aryl methyl sites for hydroxylation is 2. The van der Waals surface area contributed by atoms with Crippen LogP contribution >= 0.6 is 0 Å². The van der Waals surface area contributed by atoms with Crippen molar-refractivity contribution < 1.29 is 27.1 Å². The highest BCUT2D eigenvalue weighted by atomic mass is 19.4. The average molecular weight is 449 g/mol. The van der Waals surface area contributed by atoms with E-state index in [1.54, 1.807) is 30.9 Å². The second-order valence-electron chi connectivity index (χ2n) is 7.11. The van der Waals surface area contributed by atoms with Crippen molar-refractivity contribution in [1.82, 2.24) is 25.1 Å². The van der Waals surface area contributed by atoms with Crippen LogP contribution in [-0.4, -0.2) is 50.2 Å². The van der Waals surface area contributed by atoms with Gasteiger partial charge in [-0.1, -0.05) is 12.1 Å². The summed E-state index contributed by atoms with van der Waals surface area (Å²) >= 11 is 0. The number of ether oxygens (including phenoxy) is 1. The Morgan fingerprint density at radius 3 is 2.50 bits per heavy atom. The number of alkyl halides is 3. The number of amides is 1. The number of hydrogen-bond donors (Lipinski definition) is 0. The molecule has 1 atom stereocenters. The molecule has 0 saturated heterocycles. The first-order chi connectivity index (χ1) is 15.1. The predicted molar refractivity (Wildman–Crippen MR) is 108 cm³/mol. The Morgan fingerprint density at radius 1 is 1.19 bits per heavy atom. The van der Waals surface area contributed by atoms with Gasteiger partial charge in [0.15, 0.2) is 5.69 Å². The molecule has 8 nitrogen and oxygen atoms in total. The zero-order valence-corrected chi connectivity index (χ0v) is 18.0. The number of aromatic nitrogens is 4. The molecule has 0 radical (unpaired) electrons. The van der Waals surface area contributed by atoms with Crippen LogP contribution < -0.4 is 4.74 Å². The van der Waals surface area contributed by atoms with Crippen molar-refractivity contribution >= 4 is 5.91 Å². The Morgan fingerprint density at radius 2 is 1.94 bits per heavy atom. The van der Waals surface area contributed by atoms with Gasteiger partial charge in [-0.05, 0) is 32.4 Å². The normalized spacial score (nSPS) is 12.5. The monoisotopic (exact) mass is 449 g/mol. The van der Waals surface area contributed by atoms with E-state index in [4.69, 9.17) is 9.15 Å². The molecule has 3 aromatic rings. The number of halogens is 3. The maximum Gasteiger partial charge on any atom is 0.434 e. The largest absolute Gasteiger partial charge is 0.474 e. The van der Waals surface area contributed by atoms with Crippen molar-refractivity contribution in [3.8, 4) is 17.3 Å². The van der Waals surface area contributed by atoms with E-state index >= 15 is 0 Å². The van der Waals surface area contributed by atoms with Crippen LogP contribution in [0.5, 0.6) is 5.88 Å². The van der Waals surface area contributed by atoms with E-state index in [1.165, 1.54) is 0 Å². The van der Waals surface area contributed by atoms with Crippen molar-refractivity contribution in [3.63, 3.8) is 0 Å². The van der Waals surface area contributed by atoms with Crippen LogP contribution in [0.3, 0.4) is 0 Å². The lowest BCUT2D eigenvalue weighted by Gasteiger charge is -2.28. The van der Waals surface area contributed by atoms with Crippen LogP contribution in [0.2, 0.25) is 0 Å². The number of benzene rings is 1. The molecule has 1 aromatic carbocycles. The summed E-state index contributed by atoms with van der Waals surface area (Å²) < 4.78 is 48.9. The Labute approximate surface area is 182 Å². The second-order valence-corrected chi connectivity index (χ2v) is 7.11. The SMILES string of the molecule is CCN(C(=O)c1cccc(C)c1-c1nnc(C)o1)C(C)COc1cnc(C(F)(F)F)cn1. The summed E-state index contributed by atoms with van der Waals surface area (Å²) in [6, 6.07) is 4.89. The molecule has 0 N–H and O–H groups in total. The Bertz CT molecular complexity index is 1080. The molecule has 0 bridgehead atoms. The Hall–Kier alpha value is -3.50. The second kappa shape index (κ2) is 9.33. The molecule has 0 aliphatic heterocycles. The van der Waals surface area contributed by atoms with Crippen LogP contribution in [0.15, 0.2) is 35.0 Å². The van der Waals surface area contributed by atoms with E-state index in [-0.39, 0.29) is 24.3 Å². The number of hydrogen-bond acceptors (Lipinski definition) is 7. The van der Waals surface area contributed by atoms with Crippen LogP contribution in [0, 0.1) is 13.8 Å².